The minimum absolute atomic E-state index is 0. The van der Waals surface area contributed by atoms with Gasteiger partial charge < -0.3 is 15.9 Å². The van der Waals surface area contributed by atoms with Crippen molar-refractivity contribution in [3.8, 4) is 0 Å². The van der Waals surface area contributed by atoms with Crippen LogP contribution in [0.2, 0.25) is 0 Å². The second-order valence-electron chi connectivity index (χ2n) is 1.88. The third kappa shape index (κ3) is 8.29. The Labute approximate surface area is 101 Å². The standard InChI is InChI=1S/C5H9NO4.Sr.2H/c6-3(5(9)10)1-2-4(7)8;;;/h3H,1-2,6H2,(H,7,8)(H,9,10);;;/t3-;;;/m0.../s1. The van der Waals surface area contributed by atoms with Crippen LogP contribution < -0.4 is 5.73 Å². The van der Waals surface area contributed by atoms with Crippen molar-refractivity contribution in [3.63, 3.8) is 0 Å². The first-order valence-corrected chi connectivity index (χ1v) is 2.74. The van der Waals surface area contributed by atoms with Gasteiger partial charge in [-0.25, -0.2) is 0 Å². The van der Waals surface area contributed by atoms with Crippen LogP contribution in [0.15, 0.2) is 0 Å². The molecule has 1 atom stereocenters. The summed E-state index contributed by atoms with van der Waals surface area (Å²) in [4.78, 5) is 19.9. The zero-order chi connectivity index (χ0) is 8.15. The number of carboxylic acids is 2. The predicted molar refractivity (Wildman–Crippen MR) is 41.0 cm³/mol. The van der Waals surface area contributed by atoms with Gasteiger partial charge in [0.25, 0.3) is 0 Å². The van der Waals surface area contributed by atoms with Gasteiger partial charge in [-0.2, -0.15) is 0 Å². The molecule has 0 radical (unpaired) electrons. The van der Waals surface area contributed by atoms with Gasteiger partial charge in [-0.15, -0.1) is 0 Å². The molecule has 0 amide bonds. The summed E-state index contributed by atoms with van der Waals surface area (Å²) < 4.78 is 0. The van der Waals surface area contributed by atoms with Crippen LogP contribution in [0.5, 0.6) is 0 Å². The van der Waals surface area contributed by atoms with Crippen molar-refractivity contribution >= 4 is 57.4 Å². The summed E-state index contributed by atoms with van der Waals surface area (Å²) in [7, 11) is 0. The van der Waals surface area contributed by atoms with E-state index in [0.717, 1.165) is 0 Å². The second-order valence-corrected chi connectivity index (χ2v) is 1.88. The van der Waals surface area contributed by atoms with E-state index in [9.17, 15) is 9.59 Å². The molecule has 0 aromatic carbocycles. The Morgan fingerprint density at radius 2 is 1.82 bits per heavy atom. The van der Waals surface area contributed by atoms with E-state index in [1.54, 1.807) is 0 Å². The topological polar surface area (TPSA) is 101 Å². The third-order valence-electron chi connectivity index (χ3n) is 0.986. The average Bonchev–Trinajstić information content (AvgIpc) is 1.82. The first-order chi connectivity index (χ1) is 4.54. The van der Waals surface area contributed by atoms with Gasteiger partial charge in [-0.1, -0.05) is 0 Å². The second kappa shape index (κ2) is 7.05. The van der Waals surface area contributed by atoms with E-state index in [-0.39, 0.29) is 58.3 Å². The molecule has 0 aliphatic heterocycles. The van der Waals surface area contributed by atoms with Crippen LogP contribution in [0, 0.1) is 0 Å². The van der Waals surface area contributed by atoms with Gasteiger partial charge >= 0.3 is 57.4 Å². The summed E-state index contributed by atoms with van der Waals surface area (Å²) in [6.07, 6.45) is -0.224. The van der Waals surface area contributed by atoms with Crippen LogP contribution in [0.4, 0.5) is 0 Å². The van der Waals surface area contributed by atoms with E-state index in [2.05, 4.69) is 0 Å². The van der Waals surface area contributed by atoms with Gasteiger partial charge in [0.2, 0.25) is 0 Å². The Balaban J connectivity index is 0. The van der Waals surface area contributed by atoms with Gasteiger partial charge in [0.1, 0.15) is 6.04 Å². The Kier molecular flexibility index (Phi) is 8.94. The molecule has 5 nitrogen and oxygen atoms in total. The molecule has 62 valence electrons. The van der Waals surface area contributed by atoms with Crippen LogP contribution in [0.3, 0.4) is 0 Å². The Morgan fingerprint density at radius 3 is 2.09 bits per heavy atom. The van der Waals surface area contributed by atoms with Crippen LogP contribution in [-0.4, -0.2) is 73.7 Å². The number of hydrogen-bond donors (Lipinski definition) is 3. The summed E-state index contributed by atoms with van der Waals surface area (Å²) in [6.45, 7) is 0. The number of carbonyl (C=O) groups is 2. The molecule has 0 aliphatic rings. The molecule has 0 unspecified atom stereocenters. The molecule has 0 aliphatic carbocycles. The van der Waals surface area contributed by atoms with Gasteiger partial charge in [0.15, 0.2) is 0 Å². The monoisotopic (exact) mass is 237 g/mol. The van der Waals surface area contributed by atoms with Crippen molar-refractivity contribution < 1.29 is 19.8 Å². The van der Waals surface area contributed by atoms with Crippen LogP contribution in [0.1, 0.15) is 12.8 Å². The van der Waals surface area contributed by atoms with E-state index in [0.29, 0.717) is 0 Å². The van der Waals surface area contributed by atoms with Crippen molar-refractivity contribution in [3.05, 3.63) is 0 Å². The normalized spacial score (nSPS) is 11.4. The molecule has 0 spiro atoms. The molecular weight excluding hydrogens is 226 g/mol. The molecule has 0 rings (SSSR count). The molecular formula is C5H11NO4Sr. The van der Waals surface area contributed by atoms with Crippen LogP contribution in [-0.2, 0) is 9.59 Å². The van der Waals surface area contributed by atoms with Crippen molar-refractivity contribution in [1.82, 2.24) is 0 Å². The SMILES string of the molecule is N[C@@H](CCC(=O)O)C(=O)O.[SrH2]. The molecule has 6 heteroatoms. The van der Waals surface area contributed by atoms with Gasteiger partial charge in [-0.05, 0) is 6.42 Å². The molecule has 4 N–H and O–H groups in total. The van der Waals surface area contributed by atoms with Crippen molar-refractivity contribution in [2.45, 2.75) is 18.9 Å². The Hall–Kier alpha value is 0.381. The fourth-order valence-electron chi connectivity index (χ4n) is 0.402. The number of hydrogen-bond acceptors (Lipinski definition) is 3. The molecule has 0 aromatic heterocycles. The maximum atomic E-state index is 9.99. The molecule has 0 aromatic rings. The molecule has 11 heavy (non-hydrogen) atoms. The minimum atomic E-state index is -1.17. The first kappa shape index (κ1) is 13.9. The Bertz CT molecular complexity index is 149. The zero-order valence-corrected chi connectivity index (χ0v) is 5.28. The quantitative estimate of drug-likeness (QED) is 0.508. The van der Waals surface area contributed by atoms with Crippen molar-refractivity contribution in [2.75, 3.05) is 0 Å². The molecule has 0 fully saturated rings. The molecule has 0 heterocycles. The van der Waals surface area contributed by atoms with E-state index in [1.165, 1.54) is 0 Å². The Morgan fingerprint density at radius 1 is 1.36 bits per heavy atom. The van der Waals surface area contributed by atoms with Crippen molar-refractivity contribution in [1.29, 1.82) is 0 Å². The number of nitrogens with two attached hydrogens (primary N) is 1. The first-order valence-electron chi connectivity index (χ1n) is 2.74. The van der Waals surface area contributed by atoms with Crippen LogP contribution in [0.25, 0.3) is 0 Å². The number of carboxylic acid groups (broad SMARTS) is 2. The zero-order valence-electron chi connectivity index (χ0n) is 5.28. The fourth-order valence-corrected chi connectivity index (χ4v) is 0.402. The van der Waals surface area contributed by atoms with E-state index in [1.807, 2.05) is 0 Å². The van der Waals surface area contributed by atoms with E-state index < -0.39 is 18.0 Å². The summed E-state index contributed by atoms with van der Waals surface area (Å²) in [5, 5.41) is 16.3. The van der Waals surface area contributed by atoms with Gasteiger partial charge in [0, 0.05) is 6.42 Å². The summed E-state index contributed by atoms with van der Waals surface area (Å²) in [5.41, 5.74) is 5.00. The molecule has 0 saturated heterocycles. The van der Waals surface area contributed by atoms with E-state index in [4.69, 9.17) is 15.9 Å². The van der Waals surface area contributed by atoms with Gasteiger partial charge in [0.05, 0.1) is 0 Å². The summed E-state index contributed by atoms with van der Waals surface area (Å²) in [6, 6.07) is -1.06. The fraction of sp³-hybridized carbons (Fsp3) is 0.600. The van der Waals surface area contributed by atoms with E-state index >= 15 is 0 Å². The molecule has 0 bridgehead atoms. The maximum absolute atomic E-state index is 9.99. The van der Waals surface area contributed by atoms with Crippen molar-refractivity contribution in [2.24, 2.45) is 5.73 Å². The summed E-state index contributed by atoms with van der Waals surface area (Å²) >= 11 is 0. The summed E-state index contributed by atoms with van der Waals surface area (Å²) in [5.74, 6) is -2.20. The average molecular weight is 237 g/mol. The van der Waals surface area contributed by atoms with Gasteiger partial charge in [-0.3, -0.25) is 9.59 Å². The number of rotatable bonds is 4. The molecule has 0 saturated carbocycles. The van der Waals surface area contributed by atoms with Crippen LogP contribution >= 0.6 is 0 Å². The predicted octanol–water partition coefficient (Wildman–Crippen LogP) is -1.65. The number of aliphatic carboxylic acids is 2. The third-order valence-corrected chi connectivity index (χ3v) is 0.986.